The molecule has 1 heterocycles. The molecule has 0 aromatic heterocycles. The minimum atomic E-state index is -0.100. The molecule has 1 N–H and O–H groups in total. The lowest BCUT2D eigenvalue weighted by Gasteiger charge is -2.24. The molecule has 0 aliphatic carbocycles. The number of carbonyl (C=O) groups is 2. The summed E-state index contributed by atoms with van der Waals surface area (Å²) in [4.78, 5) is 26.7. The Labute approximate surface area is 174 Å². The van der Waals surface area contributed by atoms with E-state index in [9.17, 15) is 9.59 Å². The minimum absolute atomic E-state index is 0.0239. The monoisotopic (exact) mass is 402 g/mol. The summed E-state index contributed by atoms with van der Waals surface area (Å²) in [6.07, 6.45) is 0. The van der Waals surface area contributed by atoms with Gasteiger partial charge in [-0.25, -0.2) is 0 Å². The fourth-order valence-corrected chi connectivity index (χ4v) is 4.55. The van der Waals surface area contributed by atoms with E-state index in [4.69, 9.17) is 0 Å². The Kier molecular flexibility index (Phi) is 5.96. The normalized spacial score (nSPS) is 16.1. The van der Waals surface area contributed by atoms with E-state index >= 15 is 0 Å². The Morgan fingerprint density at radius 2 is 1.52 bits per heavy atom. The number of thioether (sulfide) groups is 1. The van der Waals surface area contributed by atoms with Gasteiger partial charge in [0.25, 0.3) is 5.91 Å². The Bertz CT molecular complexity index is 975. The van der Waals surface area contributed by atoms with Crippen molar-refractivity contribution in [2.45, 2.75) is 18.5 Å². The molecule has 3 aromatic carbocycles. The third-order valence-corrected chi connectivity index (χ3v) is 6.17. The van der Waals surface area contributed by atoms with Gasteiger partial charge in [-0.3, -0.25) is 9.59 Å². The zero-order valence-corrected chi connectivity index (χ0v) is 16.8. The maximum Gasteiger partial charge on any atom is 0.251 e. The molecule has 1 aliphatic rings. The van der Waals surface area contributed by atoms with Crippen LogP contribution in [0, 0.1) is 0 Å². The molecule has 1 fully saturated rings. The highest BCUT2D eigenvalue weighted by Gasteiger charge is 2.32. The first-order valence-corrected chi connectivity index (χ1v) is 10.6. The average molecular weight is 403 g/mol. The van der Waals surface area contributed by atoms with Crippen LogP contribution < -0.4 is 5.32 Å². The van der Waals surface area contributed by atoms with Crippen LogP contribution in [-0.4, -0.2) is 22.5 Å². The highest BCUT2D eigenvalue weighted by atomic mass is 32.2. The van der Waals surface area contributed by atoms with Crippen LogP contribution in [0.25, 0.3) is 0 Å². The van der Waals surface area contributed by atoms with E-state index in [-0.39, 0.29) is 17.2 Å². The third-order valence-electron chi connectivity index (χ3n) is 4.92. The van der Waals surface area contributed by atoms with Gasteiger partial charge in [-0.2, -0.15) is 0 Å². The maximum absolute atomic E-state index is 12.4. The molecule has 0 unspecified atom stereocenters. The number of hydrogen-bond donors (Lipinski definition) is 1. The first-order chi connectivity index (χ1) is 14.2. The number of amides is 2. The Balaban J connectivity index is 1.42. The van der Waals surface area contributed by atoms with E-state index in [1.54, 1.807) is 11.8 Å². The summed E-state index contributed by atoms with van der Waals surface area (Å²) in [5.74, 6) is 0.529. The van der Waals surface area contributed by atoms with Crippen molar-refractivity contribution in [2.75, 3.05) is 5.75 Å². The van der Waals surface area contributed by atoms with Gasteiger partial charge in [-0.1, -0.05) is 72.8 Å². The number of nitrogens with one attached hydrogen (secondary N) is 1. The van der Waals surface area contributed by atoms with Gasteiger partial charge in [0.05, 0.1) is 5.75 Å². The van der Waals surface area contributed by atoms with Crippen molar-refractivity contribution in [3.63, 3.8) is 0 Å². The predicted molar refractivity (Wildman–Crippen MR) is 116 cm³/mol. The topological polar surface area (TPSA) is 49.4 Å². The molecular weight excluding hydrogens is 380 g/mol. The zero-order valence-electron chi connectivity index (χ0n) is 16.0. The zero-order chi connectivity index (χ0) is 20.1. The van der Waals surface area contributed by atoms with Gasteiger partial charge in [0.1, 0.15) is 5.37 Å². The van der Waals surface area contributed by atoms with Crippen LogP contribution in [0.2, 0.25) is 0 Å². The lowest BCUT2D eigenvalue weighted by Crippen LogP contribution is -2.27. The summed E-state index contributed by atoms with van der Waals surface area (Å²) in [6, 6.07) is 27.4. The summed E-state index contributed by atoms with van der Waals surface area (Å²) >= 11 is 1.63. The van der Waals surface area contributed by atoms with Crippen LogP contribution in [0.1, 0.15) is 32.4 Å². The van der Waals surface area contributed by atoms with E-state index < -0.39 is 0 Å². The minimum Gasteiger partial charge on any atom is -0.348 e. The SMILES string of the molecule is O=C(NCc1ccccc1)c1ccc([C@@H]2SCC(=O)N2Cc2ccccc2)cc1. The van der Waals surface area contributed by atoms with Gasteiger partial charge in [-0.15, -0.1) is 11.8 Å². The van der Waals surface area contributed by atoms with Crippen LogP contribution in [0.3, 0.4) is 0 Å². The molecule has 146 valence electrons. The standard InChI is InChI=1S/C24H22N2O2S/c27-22-17-29-24(26(22)16-19-9-5-2-6-10-19)21-13-11-20(12-14-21)23(28)25-15-18-7-3-1-4-8-18/h1-14,24H,15-17H2,(H,25,28)/t24-/m0/s1. The summed E-state index contributed by atoms with van der Waals surface area (Å²) in [7, 11) is 0. The second-order valence-electron chi connectivity index (χ2n) is 6.96. The molecule has 4 nitrogen and oxygen atoms in total. The van der Waals surface area contributed by atoms with Crippen molar-refractivity contribution in [1.29, 1.82) is 0 Å². The van der Waals surface area contributed by atoms with Gasteiger partial charge in [-0.05, 0) is 28.8 Å². The predicted octanol–water partition coefficient (Wildman–Crippen LogP) is 4.39. The van der Waals surface area contributed by atoms with E-state index in [0.717, 1.165) is 16.7 Å². The van der Waals surface area contributed by atoms with Crippen LogP contribution in [0.4, 0.5) is 0 Å². The van der Waals surface area contributed by atoms with Crippen LogP contribution in [0.5, 0.6) is 0 Å². The van der Waals surface area contributed by atoms with Gasteiger partial charge in [0.2, 0.25) is 5.91 Å². The molecule has 29 heavy (non-hydrogen) atoms. The Hall–Kier alpha value is -3.05. The molecule has 0 spiro atoms. The number of carbonyl (C=O) groups excluding carboxylic acids is 2. The van der Waals surface area contributed by atoms with Gasteiger partial charge >= 0.3 is 0 Å². The first-order valence-electron chi connectivity index (χ1n) is 9.58. The van der Waals surface area contributed by atoms with Crippen molar-refractivity contribution < 1.29 is 9.59 Å². The number of hydrogen-bond acceptors (Lipinski definition) is 3. The van der Waals surface area contributed by atoms with Crippen LogP contribution in [-0.2, 0) is 17.9 Å². The quantitative estimate of drug-likeness (QED) is 0.665. The molecule has 1 aliphatic heterocycles. The van der Waals surface area contributed by atoms with Crippen molar-refractivity contribution in [3.8, 4) is 0 Å². The summed E-state index contributed by atoms with van der Waals surface area (Å²) in [5, 5.41) is 2.92. The second-order valence-corrected chi connectivity index (χ2v) is 8.03. The Morgan fingerprint density at radius 3 is 2.17 bits per heavy atom. The number of benzene rings is 3. The summed E-state index contributed by atoms with van der Waals surface area (Å²) < 4.78 is 0. The summed E-state index contributed by atoms with van der Waals surface area (Å²) in [6.45, 7) is 1.09. The van der Waals surface area contributed by atoms with E-state index in [1.165, 1.54) is 0 Å². The van der Waals surface area contributed by atoms with Crippen molar-refractivity contribution >= 4 is 23.6 Å². The van der Waals surface area contributed by atoms with Crippen molar-refractivity contribution in [3.05, 3.63) is 107 Å². The van der Waals surface area contributed by atoms with E-state index in [0.29, 0.717) is 24.4 Å². The maximum atomic E-state index is 12.4. The average Bonchev–Trinajstić information content (AvgIpc) is 3.14. The van der Waals surface area contributed by atoms with Gasteiger partial charge in [0, 0.05) is 18.7 Å². The molecule has 1 saturated heterocycles. The number of rotatable bonds is 6. The lowest BCUT2D eigenvalue weighted by molar-refractivity contribution is -0.128. The van der Waals surface area contributed by atoms with E-state index in [1.807, 2.05) is 89.8 Å². The number of nitrogens with zero attached hydrogens (tertiary/aromatic N) is 1. The molecule has 0 saturated carbocycles. The summed E-state index contributed by atoms with van der Waals surface area (Å²) in [5.41, 5.74) is 3.84. The van der Waals surface area contributed by atoms with Crippen LogP contribution in [0.15, 0.2) is 84.9 Å². The smallest absolute Gasteiger partial charge is 0.251 e. The van der Waals surface area contributed by atoms with Crippen LogP contribution >= 0.6 is 11.8 Å². The highest BCUT2D eigenvalue weighted by Crippen LogP contribution is 2.39. The first kappa shape index (κ1) is 19.3. The van der Waals surface area contributed by atoms with Gasteiger partial charge in [0.15, 0.2) is 0 Å². The molecule has 2 amide bonds. The second kappa shape index (κ2) is 8.97. The highest BCUT2D eigenvalue weighted by molar-refractivity contribution is 8.00. The molecule has 0 bridgehead atoms. The van der Waals surface area contributed by atoms with Crippen molar-refractivity contribution in [1.82, 2.24) is 10.2 Å². The molecule has 1 atom stereocenters. The molecule has 3 aromatic rings. The largest absolute Gasteiger partial charge is 0.348 e. The molecule has 0 radical (unpaired) electrons. The molecule has 5 heteroatoms. The fourth-order valence-electron chi connectivity index (χ4n) is 3.36. The van der Waals surface area contributed by atoms with Crippen molar-refractivity contribution in [2.24, 2.45) is 0 Å². The molecular formula is C24H22N2O2S. The third kappa shape index (κ3) is 4.69. The fraction of sp³-hybridized carbons (Fsp3) is 0.167. The molecule has 4 rings (SSSR count). The Morgan fingerprint density at radius 1 is 0.897 bits per heavy atom. The lowest BCUT2D eigenvalue weighted by atomic mass is 10.1. The van der Waals surface area contributed by atoms with E-state index in [2.05, 4.69) is 5.32 Å². The van der Waals surface area contributed by atoms with Gasteiger partial charge < -0.3 is 10.2 Å².